The van der Waals surface area contributed by atoms with Crippen molar-refractivity contribution in [1.82, 2.24) is 10.2 Å². The summed E-state index contributed by atoms with van der Waals surface area (Å²) in [5.41, 5.74) is 1.01. The average molecular weight is 433 g/mol. The molecule has 0 aliphatic rings. The normalized spacial score (nSPS) is 13.0. The number of nitrogens with zero attached hydrogens (tertiary/aromatic N) is 1. The third-order valence-electron chi connectivity index (χ3n) is 5.24. The van der Waals surface area contributed by atoms with Crippen LogP contribution in [0.5, 0.6) is 0 Å². The molecule has 2 aromatic rings. The van der Waals surface area contributed by atoms with Crippen LogP contribution in [0.4, 0.5) is 0 Å². The van der Waals surface area contributed by atoms with Gasteiger partial charge < -0.3 is 14.6 Å². The van der Waals surface area contributed by atoms with Crippen LogP contribution in [0.2, 0.25) is 5.02 Å². The van der Waals surface area contributed by atoms with E-state index in [1.807, 2.05) is 50.2 Å². The number of halogens is 1. The molecule has 0 saturated heterocycles. The number of nitrogens with one attached hydrogen (secondary N) is 1. The number of rotatable bonds is 11. The van der Waals surface area contributed by atoms with Gasteiger partial charge in [-0.15, -0.1) is 0 Å². The zero-order valence-electron chi connectivity index (χ0n) is 18.4. The molecule has 1 heterocycles. The van der Waals surface area contributed by atoms with Crippen molar-refractivity contribution in [3.8, 4) is 0 Å². The maximum absolute atomic E-state index is 13.1. The van der Waals surface area contributed by atoms with E-state index in [-0.39, 0.29) is 30.2 Å². The molecule has 1 aromatic carbocycles. The van der Waals surface area contributed by atoms with Gasteiger partial charge >= 0.3 is 0 Å². The number of amides is 2. The third kappa shape index (κ3) is 7.21. The van der Waals surface area contributed by atoms with Crippen molar-refractivity contribution in [2.75, 3.05) is 7.05 Å². The fourth-order valence-corrected chi connectivity index (χ4v) is 3.63. The lowest BCUT2D eigenvalue weighted by atomic mass is 9.96. The Morgan fingerprint density at radius 3 is 2.40 bits per heavy atom. The zero-order chi connectivity index (χ0) is 22.1. The highest BCUT2D eigenvalue weighted by Crippen LogP contribution is 2.22. The summed E-state index contributed by atoms with van der Waals surface area (Å²) in [6, 6.07) is 11.1. The molecular formula is C24H33ClN2O3. The van der Waals surface area contributed by atoms with Crippen LogP contribution >= 0.6 is 11.6 Å². The molecule has 0 radical (unpaired) electrons. The first-order valence-electron chi connectivity index (χ1n) is 10.7. The Kier molecular flexibility index (Phi) is 9.44. The van der Waals surface area contributed by atoms with Crippen LogP contribution in [0.15, 0.2) is 40.8 Å². The van der Waals surface area contributed by atoms with E-state index >= 15 is 0 Å². The van der Waals surface area contributed by atoms with Crippen LogP contribution in [-0.4, -0.2) is 23.8 Å². The summed E-state index contributed by atoms with van der Waals surface area (Å²) >= 11 is 5.94. The zero-order valence-corrected chi connectivity index (χ0v) is 19.2. The average Bonchev–Trinajstić information content (AvgIpc) is 3.16. The first-order chi connectivity index (χ1) is 14.3. The molecule has 0 bridgehead atoms. The van der Waals surface area contributed by atoms with Crippen LogP contribution < -0.4 is 5.32 Å². The van der Waals surface area contributed by atoms with Crippen LogP contribution in [0, 0.1) is 12.8 Å². The lowest BCUT2D eigenvalue weighted by molar-refractivity contribution is -0.138. The molecule has 0 aliphatic carbocycles. The van der Waals surface area contributed by atoms with E-state index in [0.717, 1.165) is 36.3 Å². The van der Waals surface area contributed by atoms with E-state index < -0.39 is 0 Å². The molecule has 5 nitrogen and oxygen atoms in total. The molecule has 0 fully saturated rings. The highest BCUT2D eigenvalue weighted by Gasteiger charge is 2.26. The van der Waals surface area contributed by atoms with Crippen molar-refractivity contribution in [2.24, 2.45) is 5.92 Å². The molecule has 0 spiro atoms. The van der Waals surface area contributed by atoms with Crippen LogP contribution in [0.25, 0.3) is 0 Å². The number of benzene rings is 1. The minimum absolute atomic E-state index is 0.00422. The van der Waals surface area contributed by atoms with E-state index in [1.165, 1.54) is 0 Å². The molecule has 2 atom stereocenters. The predicted molar refractivity (Wildman–Crippen MR) is 120 cm³/mol. The molecule has 2 rings (SSSR count). The van der Waals surface area contributed by atoms with Gasteiger partial charge in [-0.3, -0.25) is 9.59 Å². The first-order valence-corrected chi connectivity index (χ1v) is 11.1. The molecule has 0 aliphatic heterocycles. The quantitative estimate of drug-likeness (QED) is 0.498. The van der Waals surface area contributed by atoms with Gasteiger partial charge in [-0.05, 0) is 49.6 Å². The fourth-order valence-electron chi connectivity index (χ4n) is 3.51. The molecule has 164 valence electrons. The molecule has 6 heteroatoms. The fraction of sp³-hybridized carbons (Fsp3) is 0.500. The summed E-state index contributed by atoms with van der Waals surface area (Å²) in [6.07, 6.45) is 3.50. The highest BCUT2D eigenvalue weighted by atomic mass is 35.5. The Morgan fingerprint density at radius 1 is 1.13 bits per heavy atom. The molecule has 2 amide bonds. The Morgan fingerprint density at radius 2 is 1.83 bits per heavy atom. The van der Waals surface area contributed by atoms with Crippen molar-refractivity contribution < 1.29 is 14.0 Å². The summed E-state index contributed by atoms with van der Waals surface area (Å²) in [5, 5.41) is 3.70. The van der Waals surface area contributed by atoms with Gasteiger partial charge in [0.2, 0.25) is 11.8 Å². The highest BCUT2D eigenvalue weighted by molar-refractivity contribution is 6.30. The summed E-state index contributed by atoms with van der Waals surface area (Å²) in [5.74, 6) is 1.11. The Balaban J connectivity index is 2.01. The Hall–Kier alpha value is -2.27. The number of hydrogen-bond donors (Lipinski definition) is 1. The van der Waals surface area contributed by atoms with Gasteiger partial charge in [-0.1, -0.05) is 50.4 Å². The van der Waals surface area contributed by atoms with Gasteiger partial charge in [-0.25, -0.2) is 0 Å². The van der Waals surface area contributed by atoms with Gasteiger partial charge in [0.25, 0.3) is 0 Å². The monoisotopic (exact) mass is 432 g/mol. The Labute approximate surface area is 184 Å². The van der Waals surface area contributed by atoms with Gasteiger partial charge in [-0.2, -0.15) is 0 Å². The van der Waals surface area contributed by atoms with Crippen LogP contribution in [0.3, 0.4) is 0 Å². The van der Waals surface area contributed by atoms with E-state index in [2.05, 4.69) is 12.2 Å². The standard InChI is InChI=1S/C24H33ClN2O3/c1-5-7-8-19(24(29)27(4)16-18-10-12-20(25)13-11-18)15-23(28)26-21(6-2)22-14-9-17(3)30-22/h9-14,19,21H,5-8,15-16H2,1-4H3,(H,26,28)/t19-,21-/m0/s1. The summed E-state index contributed by atoms with van der Waals surface area (Å²) < 4.78 is 5.67. The topological polar surface area (TPSA) is 62.6 Å². The third-order valence-corrected chi connectivity index (χ3v) is 5.50. The molecule has 1 N–H and O–H groups in total. The maximum atomic E-state index is 13.1. The van der Waals surface area contributed by atoms with E-state index in [0.29, 0.717) is 18.0 Å². The minimum Gasteiger partial charge on any atom is -0.464 e. The smallest absolute Gasteiger partial charge is 0.226 e. The Bertz CT molecular complexity index is 816. The van der Waals surface area contributed by atoms with Crippen molar-refractivity contribution >= 4 is 23.4 Å². The van der Waals surface area contributed by atoms with E-state index in [1.54, 1.807) is 11.9 Å². The molecule has 0 saturated carbocycles. The van der Waals surface area contributed by atoms with Gasteiger partial charge in [0.1, 0.15) is 11.5 Å². The summed E-state index contributed by atoms with van der Waals surface area (Å²) in [7, 11) is 1.79. The minimum atomic E-state index is -0.335. The molecule has 1 aromatic heterocycles. The van der Waals surface area contributed by atoms with E-state index in [9.17, 15) is 9.59 Å². The second-order valence-corrected chi connectivity index (χ2v) is 8.28. The predicted octanol–water partition coefficient (Wildman–Crippen LogP) is 5.66. The molecule has 0 unspecified atom stereocenters. The number of carbonyl (C=O) groups is 2. The summed E-state index contributed by atoms with van der Waals surface area (Å²) in [4.78, 5) is 27.5. The van der Waals surface area contributed by atoms with Crippen molar-refractivity contribution in [2.45, 2.75) is 65.5 Å². The maximum Gasteiger partial charge on any atom is 0.226 e. The van der Waals surface area contributed by atoms with E-state index in [4.69, 9.17) is 16.0 Å². The molecule has 30 heavy (non-hydrogen) atoms. The summed E-state index contributed by atoms with van der Waals surface area (Å²) in [6.45, 7) is 6.46. The SMILES string of the molecule is CCCC[C@@H](CC(=O)N[C@@H](CC)c1ccc(C)o1)C(=O)N(C)Cc1ccc(Cl)cc1. The molecular weight excluding hydrogens is 400 g/mol. The van der Waals surface area contributed by atoms with Crippen molar-refractivity contribution in [3.63, 3.8) is 0 Å². The lowest BCUT2D eigenvalue weighted by Crippen LogP contribution is -2.37. The second kappa shape index (κ2) is 11.8. The lowest BCUT2D eigenvalue weighted by Gasteiger charge is -2.24. The largest absolute Gasteiger partial charge is 0.464 e. The van der Waals surface area contributed by atoms with Gasteiger partial charge in [0, 0.05) is 31.0 Å². The van der Waals surface area contributed by atoms with Gasteiger partial charge in [0.05, 0.1) is 6.04 Å². The van der Waals surface area contributed by atoms with Crippen molar-refractivity contribution in [3.05, 3.63) is 58.5 Å². The van der Waals surface area contributed by atoms with Crippen molar-refractivity contribution in [1.29, 1.82) is 0 Å². The first kappa shape index (κ1) is 24.0. The van der Waals surface area contributed by atoms with Crippen LogP contribution in [-0.2, 0) is 16.1 Å². The number of carbonyl (C=O) groups excluding carboxylic acids is 2. The number of furan rings is 1. The van der Waals surface area contributed by atoms with Crippen LogP contribution in [0.1, 0.15) is 69.1 Å². The van der Waals surface area contributed by atoms with Gasteiger partial charge in [0.15, 0.2) is 0 Å². The second-order valence-electron chi connectivity index (χ2n) is 7.84. The number of unbranched alkanes of at least 4 members (excludes halogenated alkanes) is 1. The number of hydrogen-bond acceptors (Lipinski definition) is 3. The number of aryl methyl sites for hydroxylation is 1.